The summed E-state index contributed by atoms with van der Waals surface area (Å²) in [6.45, 7) is 1.75. The Bertz CT molecular complexity index is 886. The monoisotopic (exact) mass is 381 g/mol. The molecule has 1 saturated carbocycles. The van der Waals surface area contributed by atoms with E-state index < -0.39 is 27.3 Å². The molecule has 26 heavy (non-hydrogen) atoms. The lowest BCUT2D eigenvalue weighted by atomic mass is 9.84. The summed E-state index contributed by atoms with van der Waals surface area (Å²) < 4.78 is 54.6. The molecule has 0 amide bonds. The van der Waals surface area contributed by atoms with Crippen LogP contribution in [0, 0.1) is 11.6 Å². The second-order valence-electron chi connectivity index (χ2n) is 7.04. The fourth-order valence-electron chi connectivity index (χ4n) is 3.18. The average Bonchev–Trinajstić information content (AvgIpc) is 2.57. The van der Waals surface area contributed by atoms with E-state index in [4.69, 9.17) is 0 Å². The van der Waals surface area contributed by atoms with E-state index in [-0.39, 0.29) is 16.5 Å². The van der Waals surface area contributed by atoms with Crippen molar-refractivity contribution in [3.8, 4) is 11.1 Å². The second kappa shape index (κ2) is 7.06. The maximum atomic E-state index is 13.9. The molecule has 0 spiro atoms. The van der Waals surface area contributed by atoms with Crippen molar-refractivity contribution in [1.82, 2.24) is 4.72 Å². The van der Waals surface area contributed by atoms with Gasteiger partial charge in [-0.15, -0.1) is 0 Å². The molecular weight excluding hydrogens is 360 g/mol. The molecule has 1 fully saturated rings. The Morgan fingerprint density at radius 3 is 2.27 bits per heavy atom. The minimum atomic E-state index is -3.70. The zero-order valence-corrected chi connectivity index (χ0v) is 15.2. The van der Waals surface area contributed by atoms with Gasteiger partial charge >= 0.3 is 0 Å². The summed E-state index contributed by atoms with van der Waals surface area (Å²) in [5, 5.41) is 9.95. The van der Waals surface area contributed by atoms with E-state index >= 15 is 0 Å². The van der Waals surface area contributed by atoms with Crippen molar-refractivity contribution in [2.45, 2.75) is 49.1 Å². The van der Waals surface area contributed by atoms with Crippen LogP contribution in [0.4, 0.5) is 8.78 Å². The van der Waals surface area contributed by atoms with Crippen LogP contribution in [-0.4, -0.2) is 25.2 Å². The fourth-order valence-corrected chi connectivity index (χ4v) is 4.49. The van der Waals surface area contributed by atoms with Crippen LogP contribution in [0.15, 0.2) is 47.4 Å². The predicted molar refractivity (Wildman–Crippen MR) is 95.0 cm³/mol. The molecule has 3 rings (SSSR count). The predicted octanol–water partition coefficient (Wildman–Crippen LogP) is 3.60. The van der Waals surface area contributed by atoms with Gasteiger partial charge in [-0.25, -0.2) is 21.9 Å². The van der Waals surface area contributed by atoms with E-state index in [9.17, 15) is 22.3 Å². The first-order chi connectivity index (χ1) is 12.2. The minimum absolute atomic E-state index is 0.0844. The molecule has 0 aromatic heterocycles. The molecule has 1 aliphatic rings. The standard InChI is InChI=1S/C19H21F2NO3S/c1-19(23)10-8-15(9-11-19)22-26(24,25)16-5-2-13(3-6-16)17-7-4-14(20)12-18(17)21/h2-7,12,15,22-23H,8-11H2,1H3/t15-,19+. The van der Waals surface area contributed by atoms with Gasteiger partial charge in [-0.05, 0) is 62.4 Å². The molecule has 140 valence electrons. The first-order valence-corrected chi connectivity index (χ1v) is 9.95. The van der Waals surface area contributed by atoms with E-state index in [0.717, 1.165) is 12.1 Å². The summed E-state index contributed by atoms with van der Waals surface area (Å²) >= 11 is 0. The van der Waals surface area contributed by atoms with Gasteiger partial charge in [0.15, 0.2) is 0 Å². The molecule has 0 saturated heterocycles. The molecule has 2 N–H and O–H groups in total. The van der Waals surface area contributed by atoms with Crippen LogP contribution in [-0.2, 0) is 10.0 Å². The zero-order valence-electron chi connectivity index (χ0n) is 14.4. The number of benzene rings is 2. The van der Waals surface area contributed by atoms with E-state index in [2.05, 4.69) is 4.72 Å². The molecule has 0 bridgehead atoms. The number of nitrogens with one attached hydrogen (secondary N) is 1. The SMILES string of the molecule is C[C@]1(O)CC[C@@H](NS(=O)(=O)c2ccc(-c3ccc(F)cc3F)cc2)CC1. The molecule has 0 unspecified atom stereocenters. The van der Waals surface area contributed by atoms with Crippen molar-refractivity contribution in [2.75, 3.05) is 0 Å². The normalized spacial score (nSPS) is 23.8. The average molecular weight is 381 g/mol. The highest BCUT2D eigenvalue weighted by molar-refractivity contribution is 7.89. The first kappa shape index (κ1) is 18.9. The Kier molecular flexibility index (Phi) is 5.14. The smallest absolute Gasteiger partial charge is 0.240 e. The molecule has 2 aromatic rings. The van der Waals surface area contributed by atoms with E-state index in [1.54, 1.807) is 6.92 Å². The number of hydrogen-bond acceptors (Lipinski definition) is 3. The summed E-state index contributed by atoms with van der Waals surface area (Å²) in [5.41, 5.74) is -0.0593. The molecule has 0 atom stereocenters. The Balaban J connectivity index is 1.75. The number of rotatable bonds is 4. The topological polar surface area (TPSA) is 66.4 Å². The quantitative estimate of drug-likeness (QED) is 0.850. The van der Waals surface area contributed by atoms with Gasteiger partial charge in [0.1, 0.15) is 11.6 Å². The van der Waals surface area contributed by atoms with E-state index in [1.807, 2.05) is 0 Å². The zero-order chi connectivity index (χ0) is 18.9. The lowest BCUT2D eigenvalue weighted by Gasteiger charge is -2.33. The number of aliphatic hydroxyl groups is 1. The molecule has 2 aromatic carbocycles. The largest absolute Gasteiger partial charge is 0.390 e. The van der Waals surface area contributed by atoms with Crippen LogP contribution < -0.4 is 4.72 Å². The summed E-state index contributed by atoms with van der Waals surface area (Å²) in [5.74, 6) is -1.37. The third-order valence-electron chi connectivity index (χ3n) is 4.79. The van der Waals surface area contributed by atoms with Crippen molar-refractivity contribution in [3.05, 3.63) is 54.1 Å². The molecule has 7 heteroatoms. The molecular formula is C19H21F2NO3S. The first-order valence-electron chi connectivity index (χ1n) is 8.46. The molecule has 0 radical (unpaired) electrons. The molecule has 1 aliphatic carbocycles. The van der Waals surface area contributed by atoms with Crippen molar-refractivity contribution in [3.63, 3.8) is 0 Å². The fraction of sp³-hybridized carbons (Fsp3) is 0.368. The lowest BCUT2D eigenvalue weighted by molar-refractivity contribution is 0.0163. The molecule has 0 aliphatic heterocycles. The highest BCUT2D eigenvalue weighted by Gasteiger charge is 2.31. The van der Waals surface area contributed by atoms with Gasteiger partial charge in [0.25, 0.3) is 0 Å². The summed E-state index contributed by atoms with van der Waals surface area (Å²) in [6, 6.07) is 8.85. The van der Waals surface area contributed by atoms with Gasteiger partial charge in [0, 0.05) is 17.7 Å². The Morgan fingerprint density at radius 1 is 1.08 bits per heavy atom. The van der Waals surface area contributed by atoms with Crippen molar-refractivity contribution in [1.29, 1.82) is 0 Å². The van der Waals surface area contributed by atoms with Crippen LogP contribution in [0.1, 0.15) is 32.6 Å². The van der Waals surface area contributed by atoms with Gasteiger partial charge in [0.2, 0.25) is 10.0 Å². The van der Waals surface area contributed by atoms with Gasteiger partial charge in [-0.2, -0.15) is 0 Å². The highest BCUT2D eigenvalue weighted by atomic mass is 32.2. The lowest BCUT2D eigenvalue weighted by Crippen LogP contribution is -2.42. The third kappa shape index (κ3) is 4.28. The van der Waals surface area contributed by atoms with Gasteiger partial charge < -0.3 is 5.11 Å². The van der Waals surface area contributed by atoms with Crippen LogP contribution in [0.5, 0.6) is 0 Å². The molecule has 0 heterocycles. The second-order valence-corrected chi connectivity index (χ2v) is 8.76. The van der Waals surface area contributed by atoms with Crippen molar-refractivity contribution in [2.24, 2.45) is 0 Å². The van der Waals surface area contributed by atoms with Crippen LogP contribution in [0.25, 0.3) is 11.1 Å². The van der Waals surface area contributed by atoms with Gasteiger partial charge in [-0.1, -0.05) is 12.1 Å². The maximum absolute atomic E-state index is 13.9. The number of hydrogen-bond donors (Lipinski definition) is 2. The minimum Gasteiger partial charge on any atom is -0.390 e. The van der Waals surface area contributed by atoms with Crippen LogP contribution in [0.3, 0.4) is 0 Å². The third-order valence-corrected chi connectivity index (χ3v) is 6.33. The van der Waals surface area contributed by atoms with Crippen LogP contribution in [0.2, 0.25) is 0 Å². The van der Waals surface area contributed by atoms with Gasteiger partial charge in [0.05, 0.1) is 10.5 Å². The Hall–Kier alpha value is -1.83. The maximum Gasteiger partial charge on any atom is 0.240 e. The Morgan fingerprint density at radius 2 is 1.69 bits per heavy atom. The molecule has 4 nitrogen and oxygen atoms in total. The summed E-state index contributed by atoms with van der Waals surface area (Å²) in [7, 11) is -3.70. The number of sulfonamides is 1. The highest BCUT2D eigenvalue weighted by Crippen LogP contribution is 2.29. The van der Waals surface area contributed by atoms with Gasteiger partial charge in [-0.3, -0.25) is 0 Å². The van der Waals surface area contributed by atoms with E-state index in [0.29, 0.717) is 31.2 Å². The summed E-state index contributed by atoms with van der Waals surface area (Å²) in [4.78, 5) is 0.0844. The van der Waals surface area contributed by atoms with Crippen molar-refractivity contribution < 1.29 is 22.3 Å². The summed E-state index contributed by atoms with van der Waals surface area (Å²) in [6.07, 6.45) is 2.24. The number of halogens is 2. The van der Waals surface area contributed by atoms with Crippen LogP contribution >= 0.6 is 0 Å². The Labute approximate surface area is 151 Å². The van der Waals surface area contributed by atoms with Crippen molar-refractivity contribution >= 4 is 10.0 Å². The van der Waals surface area contributed by atoms with E-state index in [1.165, 1.54) is 30.3 Å².